The molecule has 1 saturated heterocycles. The fourth-order valence-electron chi connectivity index (χ4n) is 4.02. The second-order valence-corrected chi connectivity index (χ2v) is 9.56. The smallest absolute Gasteiger partial charge is 0.254 e. The maximum atomic E-state index is 13.1. The highest BCUT2D eigenvalue weighted by molar-refractivity contribution is 7.92. The van der Waals surface area contributed by atoms with Gasteiger partial charge in [0.2, 0.25) is 0 Å². The molecule has 1 amide bonds. The molecule has 148 valence electrons. The van der Waals surface area contributed by atoms with E-state index in [0.717, 1.165) is 18.4 Å². The zero-order valence-corrected chi connectivity index (χ0v) is 16.1. The number of nitrogens with zero attached hydrogens (tertiary/aromatic N) is 1. The van der Waals surface area contributed by atoms with Crippen molar-refractivity contribution in [1.29, 1.82) is 0 Å². The van der Waals surface area contributed by atoms with Gasteiger partial charge in [0.25, 0.3) is 5.91 Å². The van der Waals surface area contributed by atoms with Crippen LogP contribution < -0.4 is 0 Å². The van der Waals surface area contributed by atoms with Gasteiger partial charge in [-0.05, 0) is 56.4 Å². The van der Waals surface area contributed by atoms with Crippen molar-refractivity contribution in [3.8, 4) is 0 Å². The Morgan fingerprint density at radius 1 is 1.22 bits per heavy atom. The van der Waals surface area contributed by atoms with E-state index in [0.29, 0.717) is 38.6 Å². The summed E-state index contributed by atoms with van der Waals surface area (Å²) in [5.74, 6) is -0.748. The summed E-state index contributed by atoms with van der Waals surface area (Å²) < 4.78 is 44.2. The van der Waals surface area contributed by atoms with Crippen molar-refractivity contribution in [2.75, 3.05) is 20.2 Å². The minimum absolute atomic E-state index is 0.0498. The zero-order valence-electron chi connectivity index (χ0n) is 15.3. The average molecular weight is 397 g/mol. The Balaban J connectivity index is 1.72. The van der Waals surface area contributed by atoms with Crippen LogP contribution >= 0.6 is 0 Å². The highest BCUT2D eigenvalue weighted by Gasteiger charge is 2.47. The van der Waals surface area contributed by atoms with Crippen LogP contribution in [0.15, 0.2) is 29.2 Å². The molecule has 0 aromatic heterocycles. The van der Waals surface area contributed by atoms with Gasteiger partial charge in [0.1, 0.15) is 17.7 Å². The molecule has 8 heteroatoms. The Bertz CT molecular complexity index is 800. The fourth-order valence-corrected chi connectivity index (χ4v) is 5.71. The van der Waals surface area contributed by atoms with Gasteiger partial charge in [-0.1, -0.05) is 0 Å². The lowest BCUT2D eigenvalue weighted by Crippen LogP contribution is -2.52. The minimum Gasteiger partial charge on any atom is -0.368 e. The minimum atomic E-state index is -3.64. The quantitative estimate of drug-likeness (QED) is 0.561. The SMILES string of the molecule is COC1(C(=O)N2CCC(S(=O)(=O)c3ccc(F)cc3)C2)CCC(C=O)CC1. The summed E-state index contributed by atoms with van der Waals surface area (Å²) in [5, 5.41) is -0.716. The summed E-state index contributed by atoms with van der Waals surface area (Å²) in [6, 6.07) is 4.76. The molecule has 0 spiro atoms. The molecule has 1 aromatic rings. The predicted octanol–water partition coefficient (Wildman–Crippen LogP) is 1.97. The van der Waals surface area contributed by atoms with Crippen LogP contribution in [-0.4, -0.2) is 56.6 Å². The Morgan fingerprint density at radius 3 is 2.41 bits per heavy atom. The standard InChI is InChI=1S/C19H24FNO5S/c1-26-19(9-6-14(13-22)7-10-19)18(23)21-11-8-17(12-21)27(24,25)16-4-2-15(20)3-5-16/h2-5,13-14,17H,6-12H2,1H3. The Labute approximate surface area is 158 Å². The molecule has 6 nitrogen and oxygen atoms in total. The molecule has 1 saturated carbocycles. The van der Waals surface area contributed by atoms with Crippen molar-refractivity contribution in [3.63, 3.8) is 0 Å². The maximum absolute atomic E-state index is 13.1. The number of methoxy groups -OCH3 is 1. The lowest BCUT2D eigenvalue weighted by Gasteiger charge is -2.39. The van der Waals surface area contributed by atoms with Crippen LogP contribution in [0.5, 0.6) is 0 Å². The summed E-state index contributed by atoms with van der Waals surface area (Å²) in [5.41, 5.74) is -0.978. The lowest BCUT2D eigenvalue weighted by atomic mass is 9.78. The van der Waals surface area contributed by atoms with Gasteiger partial charge in [-0.3, -0.25) is 4.79 Å². The second-order valence-electron chi connectivity index (χ2n) is 7.33. The topological polar surface area (TPSA) is 80.8 Å². The highest BCUT2D eigenvalue weighted by atomic mass is 32.2. The molecule has 1 aliphatic heterocycles. The number of carbonyl (C=O) groups excluding carboxylic acids is 2. The van der Waals surface area contributed by atoms with Gasteiger partial charge in [0.05, 0.1) is 10.1 Å². The van der Waals surface area contributed by atoms with E-state index in [9.17, 15) is 22.4 Å². The number of hydrogen-bond acceptors (Lipinski definition) is 5. The van der Waals surface area contributed by atoms with Gasteiger partial charge in [-0.25, -0.2) is 12.8 Å². The summed E-state index contributed by atoms with van der Waals surface area (Å²) >= 11 is 0. The van der Waals surface area contributed by atoms with E-state index in [1.807, 2.05) is 0 Å². The average Bonchev–Trinajstić information content (AvgIpc) is 3.19. The van der Waals surface area contributed by atoms with Crippen LogP contribution in [0.3, 0.4) is 0 Å². The normalized spacial score (nSPS) is 28.9. The third-order valence-corrected chi connectivity index (χ3v) is 8.02. The van der Waals surface area contributed by atoms with Crippen molar-refractivity contribution in [3.05, 3.63) is 30.1 Å². The summed E-state index contributed by atoms with van der Waals surface area (Å²) in [6.07, 6.45) is 3.35. The van der Waals surface area contributed by atoms with E-state index >= 15 is 0 Å². The van der Waals surface area contributed by atoms with Crippen molar-refractivity contribution in [1.82, 2.24) is 4.90 Å². The van der Waals surface area contributed by atoms with E-state index in [-0.39, 0.29) is 23.3 Å². The first-order chi connectivity index (χ1) is 12.8. The number of rotatable bonds is 5. The van der Waals surface area contributed by atoms with Gasteiger partial charge in [-0.2, -0.15) is 0 Å². The number of benzene rings is 1. The van der Waals surface area contributed by atoms with Gasteiger partial charge >= 0.3 is 0 Å². The van der Waals surface area contributed by atoms with Crippen molar-refractivity contribution < 1.29 is 27.1 Å². The zero-order chi connectivity index (χ0) is 19.7. The highest BCUT2D eigenvalue weighted by Crippen LogP contribution is 2.36. The van der Waals surface area contributed by atoms with Crippen molar-refractivity contribution in [2.24, 2.45) is 5.92 Å². The lowest BCUT2D eigenvalue weighted by molar-refractivity contribution is -0.159. The molecule has 0 radical (unpaired) electrons. The van der Waals surface area contributed by atoms with Crippen molar-refractivity contribution in [2.45, 2.75) is 47.9 Å². The molecule has 3 rings (SSSR count). The molecule has 1 unspecified atom stereocenters. The molecule has 0 bridgehead atoms. The molecule has 1 aromatic carbocycles. The Kier molecular flexibility index (Phi) is 5.67. The third-order valence-electron chi connectivity index (χ3n) is 5.82. The third kappa shape index (κ3) is 3.78. The van der Waals surface area contributed by atoms with Crippen LogP contribution in [-0.2, 0) is 24.2 Å². The van der Waals surface area contributed by atoms with E-state index in [4.69, 9.17) is 4.74 Å². The van der Waals surface area contributed by atoms with Crippen LogP contribution in [0.2, 0.25) is 0 Å². The summed E-state index contributed by atoms with van der Waals surface area (Å²) in [6.45, 7) is 0.437. The monoisotopic (exact) mass is 397 g/mol. The number of hydrogen-bond donors (Lipinski definition) is 0. The van der Waals surface area contributed by atoms with E-state index in [2.05, 4.69) is 0 Å². The first kappa shape index (κ1) is 19.9. The number of amides is 1. The molecule has 27 heavy (non-hydrogen) atoms. The largest absolute Gasteiger partial charge is 0.368 e. The van der Waals surface area contributed by atoms with E-state index < -0.39 is 26.5 Å². The van der Waals surface area contributed by atoms with Gasteiger partial charge in [0, 0.05) is 26.1 Å². The van der Waals surface area contributed by atoms with Crippen LogP contribution in [0.4, 0.5) is 4.39 Å². The van der Waals surface area contributed by atoms with Gasteiger partial charge in [0.15, 0.2) is 9.84 Å². The Morgan fingerprint density at radius 2 is 1.85 bits per heavy atom. The van der Waals surface area contributed by atoms with Crippen LogP contribution in [0, 0.1) is 11.7 Å². The Hall–Kier alpha value is -1.80. The molecule has 1 atom stereocenters. The molecule has 2 aliphatic rings. The van der Waals surface area contributed by atoms with Crippen molar-refractivity contribution >= 4 is 22.0 Å². The maximum Gasteiger partial charge on any atom is 0.254 e. The number of sulfone groups is 1. The summed E-state index contributed by atoms with van der Waals surface area (Å²) in [4.78, 5) is 25.7. The molecule has 1 heterocycles. The van der Waals surface area contributed by atoms with Gasteiger partial charge < -0.3 is 14.4 Å². The molecule has 2 fully saturated rings. The first-order valence-electron chi connectivity index (χ1n) is 9.12. The number of carbonyl (C=O) groups is 2. The fraction of sp³-hybridized carbons (Fsp3) is 0.579. The number of ether oxygens (including phenoxy) is 1. The van der Waals surface area contributed by atoms with E-state index in [1.165, 1.54) is 19.2 Å². The molecule has 1 aliphatic carbocycles. The second kappa shape index (κ2) is 7.67. The molecular weight excluding hydrogens is 373 g/mol. The molecular formula is C19H24FNO5S. The number of halogens is 1. The number of aldehydes is 1. The van der Waals surface area contributed by atoms with Gasteiger partial charge in [-0.15, -0.1) is 0 Å². The first-order valence-corrected chi connectivity index (χ1v) is 10.7. The predicted molar refractivity (Wildman–Crippen MR) is 96.3 cm³/mol. The van der Waals surface area contributed by atoms with Crippen LogP contribution in [0.1, 0.15) is 32.1 Å². The number of likely N-dealkylation sites (tertiary alicyclic amines) is 1. The summed E-state index contributed by atoms with van der Waals surface area (Å²) in [7, 11) is -2.15. The van der Waals surface area contributed by atoms with Crippen LogP contribution in [0.25, 0.3) is 0 Å². The van der Waals surface area contributed by atoms with E-state index in [1.54, 1.807) is 4.90 Å². The molecule has 0 N–H and O–H groups in total.